The molecule has 2 aromatic carbocycles. The average Bonchev–Trinajstić information content (AvgIpc) is 0.777. The molecule has 2 N–H and O–H groups in total. The summed E-state index contributed by atoms with van der Waals surface area (Å²) >= 11 is 10.4. The molecule has 540 valence electrons. The minimum atomic E-state index is -1.91. The van der Waals surface area contributed by atoms with Crippen LogP contribution in [0.1, 0.15) is 427 Å². The van der Waals surface area contributed by atoms with E-state index in [9.17, 15) is 10.2 Å². The molecule has 2 aromatic rings. The highest BCUT2D eigenvalue weighted by Crippen LogP contribution is 2.47. The quantitative estimate of drug-likeness (QED) is 0.0228. The van der Waals surface area contributed by atoms with Crippen molar-refractivity contribution in [3.63, 3.8) is 0 Å². The van der Waals surface area contributed by atoms with Gasteiger partial charge in [0.25, 0.3) is 0 Å². The largest absolute Gasteiger partial charge is 0.507 e. The molecule has 0 radical (unpaired) electrons. The first-order chi connectivity index (χ1) is 44.1. The number of esters is 2. The molecule has 6 nitrogen and oxygen atoms in total. The summed E-state index contributed by atoms with van der Waals surface area (Å²) in [6.07, 6.45) is 50.8. The number of rotatable bonds is 54. The molecule has 0 bridgehead atoms. The summed E-state index contributed by atoms with van der Waals surface area (Å²) in [6.45, 7) is 34.6. The van der Waals surface area contributed by atoms with Gasteiger partial charge in [0.15, 0.2) is 5.41 Å². The van der Waals surface area contributed by atoms with Crippen LogP contribution in [0.3, 0.4) is 0 Å². The molecule has 0 fully saturated rings. The Kier molecular flexibility index (Phi) is 43.0. The van der Waals surface area contributed by atoms with Crippen molar-refractivity contribution >= 4 is 37.2 Å². The number of hydrogen-bond donors (Lipinski definition) is 4. The number of phenols is 2. The Morgan fingerprint density at radius 1 is 0.312 bits per heavy atom. The van der Waals surface area contributed by atoms with E-state index < -0.39 is 50.2 Å². The Morgan fingerprint density at radius 3 is 0.645 bits per heavy atom. The molecule has 0 saturated carbocycles. The van der Waals surface area contributed by atoms with Crippen molar-refractivity contribution in [3.05, 3.63) is 57.6 Å². The third kappa shape index (κ3) is 33.4. The predicted octanol–water partition coefficient (Wildman–Crippen LogP) is 26.7. The van der Waals surface area contributed by atoms with E-state index >= 15 is 9.59 Å². The predicted molar refractivity (Wildman–Crippen MR) is 412 cm³/mol. The number of carbonyl (C=O) groups is 2. The van der Waals surface area contributed by atoms with Crippen LogP contribution in [0.15, 0.2) is 24.3 Å². The van der Waals surface area contributed by atoms with Crippen LogP contribution < -0.4 is 0 Å². The minimum absolute atomic E-state index is 0.00792. The SMILES string of the molecule is CCCCCCCCCCCCC(CS)(CCCCCCCCCCCC)OC(=O)C(Cc1cc(C(C)(C)C)c(O)c(C(C)(C)C)c1)(Cc1cc(C(C)(C)C)c(O)c(C(C)(C)C)c1)C(=O)OC(CS)(CCCCCCCCCCCC)CCCCCCCCCCCC. The van der Waals surface area contributed by atoms with Crippen LogP contribution in [-0.4, -0.2) is 44.9 Å². The van der Waals surface area contributed by atoms with E-state index in [-0.39, 0.29) is 24.3 Å². The fraction of sp³-hybridized carbons (Fsp3) is 0.835. The van der Waals surface area contributed by atoms with Gasteiger partial charge in [-0.2, -0.15) is 25.3 Å². The molecule has 0 aliphatic rings. The summed E-state index contributed by atoms with van der Waals surface area (Å²) in [5.74, 6) is 0.0810. The molecule has 0 atom stereocenters. The van der Waals surface area contributed by atoms with Crippen molar-refractivity contribution in [2.24, 2.45) is 5.41 Å². The molecular formula is C85H152O6S2. The van der Waals surface area contributed by atoms with Gasteiger partial charge in [-0.15, -0.1) is 0 Å². The van der Waals surface area contributed by atoms with Gasteiger partial charge in [-0.3, -0.25) is 9.59 Å². The summed E-state index contributed by atoms with van der Waals surface area (Å²) in [6, 6.07) is 8.21. The Labute approximate surface area is 588 Å². The lowest BCUT2D eigenvalue weighted by molar-refractivity contribution is -0.190. The lowest BCUT2D eigenvalue weighted by atomic mass is 9.71. The van der Waals surface area contributed by atoms with E-state index in [4.69, 9.17) is 34.7 Å². The number of aromatic hydroxyl groups is 2. The van der Waals surface area contributed by atoms with Gasteiger partial charge >= 0.3 is 11.9 Å². The first-order valence-electron chi connectivity index (χ1n) is 39.5. The molecular weight excluding hydrogens is 1180 g/mol. The second-order valence-electron chi connectivity index (χ2n) is 33.7. The summed E-state index contributed by atoms with van der Waals surface area (Å²) in [5.41, 5.74) is -0.999. The Morgan fingerprint density at radius 2 is 0.484 bits per heavy atom. The van der Waals surface area contributed by atoms with E-state index in [1.807, 2.05) is 0 Å². The highest BCUT2D eigenvalue weighted by atomic mass is 32.1. The van der Waals surface area contributed by atoms with Crippen molar-refractivity contribution < 1.29 is 29.3 Å². The zero-order valence-corrected chi connectivity index (χ0v) is 66.0. The van der Waals surface area contributed by atoms with Gasteiger partial charge in [-0.25, -0.2) is 0 Å². The van der Waals surface area contributed by atoms with Gasteiger partial charge in [0.05, 0.1) is 0 Å². The van der Waals surface area contributed by atoms with Gasteiger partial charge in [-0.05, 0) is 119 Å². The normalized spacial score (nSPS) is 12.9. The number of carbonyl (C=O) groups excluding carboxylic acids is 2. The van der Waals surface area contributed by atoms with Crippen molar-refractivity contribution in [2.45, 2.75) is 439 Å². The molecule has 0 heterocycles. The molecule has 0 saturated heterocycles. The molecule has 0 aliphatic heterocycles. The number of ether oxygens (including phenoxy) is 2. The standard InChI is InChI=1S/C85H152O6S2/c1-17-21-25-29-33-37-41-45-49-53-57-83(67-92,58-54-50-46-42-38-34-30-26-22-18-2)90-77(88)85(65-69-61-71(79(5,6)7)75(86)72(62-69)80(8,9)10,66-70-63-73(81(11,12)13)76(87)74(64-70)82(14,15)16)78(89)91-84(68-93,59-55-51-47-43-39-35-31-27-23-19-3)60-56-52-48-44-40-36-32-28-24-20-4/h61-64,86-87,92-93H,17-60,65-68H2,1-16H3. The maximum atomic E-state index is 17.1. The van der Waals surface area contributed by atoms with Crippen molar-refractivity contribution in [3.8, 4) is 11.5 Å². The topological polar surface area (TPSA) is 93.1 Å². The fourth-order valence-electron chi connectivity index (χ4n) is 14.2. The first kappa shape index (κ1) is 86.8. The van der Waals surface area contributed by atoms with Crippen LogP contribution in [0.25, 0.3) is 0 Å². The summed E-state index contributed by atoms with van der Waals surface area (Å²) in [5, 5.41) is 24.6. The van der Waals surface area contributed by atoms with Crippen LogP contribution in [-0.2, 0) is 53.6 Å². The van der Waals surface area contributed by atoms with Crippen LogP contribution in [0, 0.1) is 5.41 Å². The van der Waals surface area contributed by atoms with Gasteiger partial charge in [0.2, 0.25) is 0 Å². The highest BCUT2D eigenvalue weighted by molar-refractivity contribution is 7.80. The maximum Gasteiger partial charge on any atom is 0.324 e. The fourth-order valence-corrected chi connectivity index (χ4v) is 14.9. The molecule has 0 aliphatic carbocycles. The zero-order chi connectivity index (χ0) is 69.5. The second-order valence-corrected chi connectivity index (χ2v) is 34.3. The Balaban J connectivity index is 3.12. The van der Waals surface area contributed by atoms with E-state index in [1.165, 1.54) is 180 Å². The van der Waals surface area contributed by atoms with Crippen LogP contribution in [0.5, 0.6) is 11.5 Å². The molecule has 0 unspecified atom stereocenters. The summed E-state index contributed by atoms with van der Waals surface area (Å²) < 4.78 is 14.9. The smallest absolute Gasteiger partial charge is 0.324 e. The van der Waals surface area contributed by atoms with Gasteiger partial charge in [0, 0.05) is 11.5 Å². The van der Waals surface area contributed by atoms with Gasteiger partial charge in [0.1, 0.15) is 22.7 Å². The Hall–Kier alpha value is -2.32. The third-order valence-corrected chi connectivity index (χ3v) is 21.7. The first-order valence-corrected chi connectivity index (χ1v) is 40.7. The minimum Gasteiger partial charge on any atom is -0.507 e. The second kappa shape index (κ2) is 46.1. The lowest BCUT2D eigenvalue weighted by Crippen LogP contribution is -2.53. The van der Waals surface area contributed by atoms with Crippen LogP contribution in [0.2, 0.25) is 0 Å². The van der Waals surface area contributed by atoms with Gasteiger partial charge < -0.3 is 19.7 Å². The summed E-state index contributed by atoms with van der Waals surface area (Å²) in [7, 11) is 0. The van der Waals surface area contributed by atoms with Crippen LogP contribution in [0.4, 0.5) is 0 Å². The molecule has 8 heteroatoms. The van der Waals surface area contributed by atoms with Crippen molar-refractivity contribution in [1.82, 2.24) is 0 Å². The average molecular weight is 1330 g/mol. The molecule has 0 spiro atoms. The van der Waals surface area contributed by atoms with Crippen LogP contribution >= 0.6 is 25.3 Å². The van der Waals surface area contributed by atoms with E-state index in [2.05, 4.69) is 135 Å². The monoisotopic (exact) mass is 1330 g/mol. The number of phenolic OH excluding ortho intramolecular Hbond substituents is 2. The molecule has 0 aromatic heterocycles. The maximum absolute atomic E-state index is 17.1. The van der Waals surface area contributed by atoms with E-state index in [0.717, 1.165) is 110 Å². The van der Waals surface area contributed by atoms with E-state index in [1.54, 1.807) is 0 Å². The number of hydrogen-bond acceptors (Lipinski definition) is 8. The van der Waals surface area contributed by atoms with Gasteiger partial charge in [-0.1, -0.05) is 366 Å². The molecule has 0 amide bonds. The van der Waals surface area contributed by atoms with Crippen molar-refractivity contribution in [2.75, 3.05) is 11.5 Å². The zero-order valence-electron chi connectivity index (χ0n) is 64.2. The third-order valence-electron chi connectivity index (χ3n) is 20.5. The molecule has 93 heavy (non-hydrogen) atoms. The number of unbranched alkanes of at least 4 members (excludes halogenated alkanes) is 36. The van der Waals surface area contributed by atoms with E-state index in [0.29, 0.717) is 37.2 Å². The number of thiol groups is 2. The highest BCUT2D eigenvalue weighted by Gasteiger charge is 2.54. The lowest BCUT2D eigenvalue weighted by Gasteiger charge is -2.41. The summed E-state index contributed by atoms with van der Waals surface area (Å²) in [4.78, 5) is 34.2. The Bertz CT molecular complexity index is 2010. The van der Waals surface area contributed by atoms with Crippen molar-refractivity contribution in [1.29, 1.82) is 0 Å². The number of benzene rings is 2. The molecule has 2 rings (SSSR count).